The summed E-state index contributed by atoms with van der Waals surface area (Å²) in [7, 11) is -5.02. The number of unbranched alkanes of at least 4 members (excludes halogenated alkanes) is 15. The largest absolute Gasteiger partial charge is 1.00 e. The summed E-state index contributed by atoms with van der Waals surface area (Å²) in [5.74, 6) is -1.09. The molecule has 0 aromatic carbocycles. The van der Waals surface area contributed by atoms with Crippen molar-refractivity contribution < 1.29 is 86.4 Å². The third kappa shape index (κ3) is 27.3. The standard InChI is InChI=1S/C20H41NO6S.2Na/c1-2-3-4-5-6-7-8-9-10-11-12-13-14-15-16-17-18-19(20(21)22)26-27-28(23,24)25;;/h19H,2-18H2,1H3,(H2,21,22)(H,23,24,25);;/q;2*+1/p-2. The van der Waals surface area contributed by atoms with E-state index in [9.17, 15) is 18.1 Å². The fraction of sp³-hybridized carbons (Fsp3) is 0.950. The molecule has 1 N–H and O–H groups in total. The molecule has 0 aliphatic heterocycles. The maximum absolute atomic E-state index is 11.0. The summed E-state index contributed by atoms with van der Waals surface area (Å²) in [6, 6.07) is 0. The van der Waals surface area contributed by atoms with Gasteiger partial charge in [-0.05, 0) is 12.3 Å². The zero-order valence-corrected chi connectivity index (χ0v) is 24.3. The molecule has 0 bridgehead atoms. The molecule has 0 saturated heterocycles. The van der Waals surface area contributed by atoms with E-state index in [2.05, 4.69) is 16.1 Å². The first-order valence-corrected chi connectivity index (χ1v) is 12.3. The molecule has 0 radical (unpaired) electrons. The monoisotopic (exact) mass is 467 g/mol. The Hall–Kier alpha value is 1.30. The molecule has 0 aliphatic rings. The average Bonchev–Trinajstić information content (AvgIpc) is 2.62. The Kier molecular flexibility index (Phi) is 29.8. The zero-order chi connectivity index (χ0) is 21.1. The van der Waals surface area contributed by atoms with Gasteiger partial charge in [0, 0.05) is 0 Å². The van der Waals surface area contributed by atoms with Crippen molar-refractivity contribution in [2.24, 2.45) is 0 Å². The molecule has 0 spiro atoms. The van der Waals surface area contributed by atoms with Crippen molar-refractivity contribution in [2.75, 3.05) is 0 Å². The third-order valence-corrected chi connectivity index (χ3v) is 5.10. The molecule has 0 heterocycles. The summed E-state index contributed by atoms with van der Waals surface area (Å²) in [5, 5.41) is 18.0. The number of rotatable bonds is 21. The van der Waals surface area contributed by atoms with Crippen molar-refractivity contribution in [3.63, 3.8) is 0 Å². The minimum atomic E-state index is -5.02. The van der Waals surface area contributed by atoms with Crippen LogP contribution in [0.2, 0.25) is 0 Å². The fourth-order valence-corrected chi connectivity index (χ4v) is 3.39. The van der Waals surface area contributed by atoms with Gasteiger partial charge in [-0.3, -0.25) is 0 Å². The quantitative estimate of drug-likeness (QED) is 0.0329. The number of nitrogens with one attached hydrogen (secondary N) is 1. The predicted octanol–water partition coefficient (Wildman–Crippen LogP) is -1.24. The second-order valence-electron chi connectivity index (χ2n) is 7.52. The van der Waals surface area contributed by atoms with Gasteiger partial charge in [0.1, 0.15) is 6.10 Å². The topological polar surface area (TPSA) is 123 Å². The van der Waals surface area contributed by atoms with Gasteiger partial charge in [-0.1, -0.05) is 110 Å². The van der Waals surface area contributed by atoms with E-state index >= 15 is 0 Å². The van der Waals surface area contributed by atoms with Crippen LogP contribution in [0.5, 0.6) is 0 Å². The van der Waals surface area contributed by atoms with Crippen LogP contribution in [-0.4, -0.2) is 25.0 Å². The first-order valence-electron chi connectivity index (χ1n) is 10.9. The molecule has 0 amide bonds. The first-order chi connectivity index (χ1) is 13.4. The van der Waals surface area contributed by atoms with Crippen molar-refractivity contribution >= 4 is 16.3 Å². The van der Waals surface area contributed by atoms with Crippen LogP contribution in [0, 0.1) is 5.41 Å². The van der Waals surface area contributed by atoms with Gasteiger partial charge in [0.05, 0.1) is 0 Å². The van der Waals surface area contributed by atoms with Crippen LogP contribution < -0.4 is 64.2 Å². The molecular weight excluding hydrogens is 428 g/mol. The molecule has 0 aliphatic carbocycles. The molecule has 1 unspecified atom stereocenters. The van der Waals surface area contributed by atoms with Gasteiger partial charge in [0.15, 0.2) is 0 Å². The second-order valence-corrected chi connectivity index (χ2v) is 8.47. The molecule has 168 valence electrons. The van der Waals surface area contributed by atoms with Crippen LogP contribution in [0.25, 0.3) is 0 Å². The van der Waals surface area contributed by atoms with Crippen molar-refractivity contribution in [3.8, 4) is 0 Å². The summed E-state index contributed by atoms with van der Waals surface area (Å²) in [4.78, 5) is 4.25. The molecular formula is C20H39NNa2O6S. The Morgan fingerprint density at radius 1 is 0.767 bits per heavy atom. The normalized spacial score (nSPS) is 12.1. The Morgan fingerprint density at radius 3 is 1.40 bits per heavy atom. The van der Waals surface area contributed by atoms with Gasteiger partial charge < -0.3 is 15.1 Å². The van der Waals surface area contributed by atoms with Crippen molar-refractivity contribution in [2.45, 2.75) is 122 Å². The molecule has 7 nitrogen and oxygen atoms in total. The zero-order valence-electron chi connectivity index (χ0n) is 19.5. The Balaban J connectivity index is -0.00000364. The van der Waals surface area contributed by atoms with E-state index in [0.29, 0.717) is 6.42 Å². The van der Waals surface area contributed by atoms with Crippen LogP contribution >= 0.6 is 0 Å². The summed E-state index contributed by atoms with van der Waals surface area (Å²) in [5.41, 5.74) is 0. The summed E-state index contributed by atoms with van der Waals surface area (Å²) in [6.07, 6.45) is 18.5. The van der Waals surface area contributed by atoms with E-state index in [-0.39, 0.29) is 65.5 Å². The SMILES string of the molecule is CCCCCCCCCCCCCCCCCCC(OOS(=O)(=O)[O-])C(=N)[O-].[Na+].[Na+]. The van der Waals surface area contributed by atoms with Gasteiger partial charge in [-0.15, -0.1) is 4.33 Å². The third-order valence-electron chi connectivity index (χ3n) is 4.85. The van der Waals surface area contributed by atoms with Gasteiger partial charge in [0.25, 0.3) is 0 Å². The van der Waals surface area contributed by atoms with E-state index < -0.39 is 22.4 Å². The fourth-order valence-electron chi connectivity index (χ4n) is 3.20. The molecule has 0 saturated carbocycles. The van der Waals surface area contributed by atoms with E-state index in [1.54, 1.807) is 0 Å². The van der Waals surface area contributed by atoms with Gasteiger partial charge in [0.2, 0.25) is 10.4 Å². The van der Waals surface area contributed by atoms with E-state index in [0.717, 1.165) is 19.3 Å². The Bertz CT molecular complexity index is 480. The second kappa shape index (κ2) is 24.9. The predicted molar refractivity (Wildman–Crippen MR) is 108 cm³/mol. The van der Waals surface area contributed by atoms with Crippen LogP contribution in [0.4, 0.5) is 0 Å². The van der Waals surface area contributed by atoms with Gasteiger partial charge in [-0.2, -0.15) is 0 Å². The van der Waals surface area contributed by atoms with Crippen LogP contribution in [0.3, 0.4) is 0 Å². The van der Waals surface area contributed by atoms with Crippen LogP contribution in [0.15, 0.2) is 0 Å². The molecule has 0 fully saturated rings. The summed E-state index contributed by atoms with van der Waals surface area (Å²) < 4.78 is 34.5. The molecule has 1 atom stereocenters. The minimum absolute atomic E-state index is 0. The Morgan fingerprint density at radius 2 is 1.10 bits per heavy atom. The van der Waals surface area contributed by atoms with Gasteiger partial charge >= 0.3 is 59.1 Å². The number of hydrogen-bond acceptors (Lipinski definition) is 7. The maximum atomic E-state index is 11.0. The van der Waals surface area contributed by atoms with Gasteiger partial charge in [-0.25, -0.2) is 13.3 Å². The maximum Gasteiger partial charge on any atom is 1.00 e. The van der Waals surface area contributed by atoms with E-state index in [1.807, 2.05) is 0 Å². The smallest absolute Gasteiger partial charge is 0.860 e. The molecule has 30 heavy (non-hydrogen) atoms. The molecule has 0 rings (SSSR count). The van der Waals surface area contributed by atoms with Crippen LogP contribution in [0.1, 0.15) is 116 Å². The Labute approximate surface area is 228 Å². The first kappa shape index (κ1) is 35.9. The van der Waals surface area contributed by atoms with Crippen molar-refractivity contribution in [1.82, 2.24) is 0 Å². The summed E-state index contributed by atoms with van der Waals surface area (Å²) in [6.45, 7) is 2.25. The minimum Gasteiger partial charge on any atom is -0.860 e. The number of hydrogen-bond donors (Lipinski definition) is 1. The van der Waals surface area contributed by atoms with E-state index in [1.165, 1.54) is 77.0 Å². The molecule has 10 heteroatoms. The average molecular weight is 468 g/mol. The molecule has 0 aromatic heterocycles. The van der Waals surface area contributed by atoms with Crippen molar-refractivity contribution in [3.05, 3.63) is 0 Å². The van der Waals surface area contributed by atoms with E-state index in [4.69, 9.17) is 5.41 Å². The van der Waals surface area contributed by atoms with Crippen molar-refractivity contribution in [1.29, 1.82) is 5.41 Å². The van der Waals surface area contributed by atoms with Crippen LogP contribution in [-0.2, 0) is 19.6 Å². The molecule has 0 aromatic rings. The summed E-state index contributed by atoms with van der Waals surface area (Å²) >= 11 is 0.